The zero-order valence-corrected chi connectivity index (χ0v) is 13.8. The van der Waals surface area contributed by atoms with Gasteiger partial charge in [-0.3, -0.25) is 14.6 Å². The molecule has 0 saturated carbocycles. The summed E-state index contributed by atoms with van der Waals surface area (Å²) in [5.74, 6) is 0.0885. The lowest BCUT2D eigenvalue weighted by Crippen LogP contribution is -2.24. The van der Waals surface area contributed by atoms with Gasteiger partial charge in [-0.15, -0.1) is 0 Å². The molecule has 1 aliphatic heterocycles. The molecule has 0 spiro atoms. The molecule has 1 saturated heterocycles. The van der Waals surface area contributed by atoms with Gasteiger partial charge in [0, 0.05) is 43.2 Å². The molecule has 118 valence electrons. The molecule has 1 unspecified atom stereocenters. The summed E-state index contributed by atoms with van der Waals surface area (Å²) in [6.07, 6.45) is 4.86. The first kappa shape index (κ1) is 15.7. The maximum Gasteiger partial charge on any atom is 0.228 e. The van der Waals surface area contributed by atoms with E-state index < -0.39 is 0 Å². The van der Waals surface area contributed by atoms with Crippen LogP contribution >= 0.6 is 11.8 Å². The number of benzene rings is 1. The molecule has 1 amide bonds. The minimum Gasteiger partial charge on any atom is -0.311 e. The van der Waals surface area contributed by atoms with Crippen LogP contribution in [0.5, 0.6) is 0 Å². The monoisotopic (exact) mass is 326 g/mol. The fourth-order valence-electron chi connectivity index (χ4n) is 2.77. The average Bonchev–Trinajstić information content (AvgIpc) is 2.89. The maximum absolute atomic E-state index is 12.1. The number of carbonyl (C=O) groups is 2. The predicted octanol–water partition coefficient (Wildman–Crippen LogP) is 3.06. The molecule has 1 aliphatic rings. The fraction of sp³-hybridized carbons (Fsp3) is 0.278. The molecule has 0 bridgehead atoms. The van der Waals surface area contributed by atoms with Crippen LogP contribution in [-0.2, 0) is 16.0 Å². The molecule has 1 atom stereocenters. The van der Waals surface area contributed by atoms with E-state index in [4.69, 9.17) is 0 Å². The van der Waals surface area contributed by atoms with Crippen molar-refractivity contribution >= 4 is 28.5 Å². The van der Waals surface area contributed by atoms with Crippen LogP contribution < -0.4 is 4.90 Å². The number of hydrogen-bond acceptors (Lipinski definition) is 4. The Bertz CT molecular complexity index is 701. The molecule has 0 N–H and O–H groups in total. The van der Waals surface area contributed by atoms with Gasteiger partial charge >= 0.3 is 0 Å². The third kappa shape index (κ3) is 3.99. The van der Waals surface area contributed by atoms with Crippen molar-refractivity contribution in [2.24, 2.45) is 0 Å². The standard InChI is InChI=1S/C18H18N2O2S/c1-13(21)23-17-11-18(22)20(12-17)16-4-2-14(3-5-16)10-15-6-8-19-9-7-15/h2-9,17H,10-12H2,1H3. The number of rotatable bonds is 4. The van der Waals surface area contributed by atoms with E-state index >= 15 is 0 Å². The Morgan fingerprint density at radius 2 is 1.83 bits per heavy atom. The highest BCUT2D eigenvalue weighted by molar-refractivity contribution is 8.14. The quantitative estimate of drug-likeness (QED) is 0.866. The Morgan fingerprint density at radius 3 is 2.48 bits per heavy atom. The normalized spacial score (nSPS) is 17.5. The Morgan fingerprint density at radius 1 is 1.17 bits per heavy atom. The number of carbonyl (C=O) groups excluding carboxylic acids is 2. The molecular weight excluding hydrogens is 308 g/mol. The second kappa shape index (κ2) is 6.96. The fourth-order valence-corrected chi connectivity index (χ4v) is 3.69. The van der Waals surface area contributed by atoms with E-state index in [1.165, 1.54) is 22.9 Å². The largest absolute Gasteiger partial charge is 0.311 e. The van der Waals surface area contributed by atoms with Crippen LogP contribution in [-0.4, -0.2) is 27.8 Å². The number of hydrogen-bond donors (Lipinski definition) is 0. The van der Waals surface area contributed by atoms with Crippen molar-refractivity contribution in [2.75, 3.05) is 11.4 Å². The van der Waals surface area contributed by atoms with Crippen LogP contribution in [0.1, 0.15) is 24.5 Å². The summed E-state index contributed by atoms with van der Waals surface area (Å²) >= 11 is 1.26. The summed E-state index contributed by atoms with van der Waals surface area (Å²) in [5.41, 5.74) is 3.31. The number of nitrogens with zero attached hydrogens (tertiary/aromatic N) is 2. The van der Waals surface area contributed by atoms with E-state index in [1.807, 2.05) is 24.3 Å². The van der Waals surface area contributed by atoms with Crippen molar-refractivity contribution in [1.82, 2.24) is 4.98 Å². The van der Waals surface area contributed by atoms with Crippen molar-refractivity contribution in [3.63, 3.8) is 0 Å². The highest BCUT2D eigenvalue weighted by Gasteiger charge is 2.31. The first-order valence-corrected chi connectivity index (χ1v) is 8.45. The molecule has 4 nitrogen and oxygen atoms in total. The number of thioether (sulfide) groups is 1. The predicted molar refractivity (Wildman–Crippen MR) is 92.5 cm³/mol. The molecule has 3 rings (SSSR count). The third-order valence-electron chi connectivity index (χ3n) is 3.83. The van der Waals surface area contributed by atoms with Crippen LogP contribution in [0.25, 0.3) is 0 Å². The van der Waals surface area contributed by atoms with Gasteiger partial charge in [0.1, 0.15) is 0 Å². The van der Waals surface area contributed by atoms with Gasteiger partial charge in [-0.1, -0.05) is 23.9 Å². The van der Waals surface area contributed by atoms with E-state index in [-0.39, 0.29) is 16.3 Å². The van der Waals surface area contributed by atoms with Gasteiger partial charge in [0.2, 0.25) is 5.91 Å². The molecular formula is C18H18N2O2S. The third-order valence-corrected chi connectivity index (χ3v) is 4.81. The van der Waals surface area contributed by atoms with Crippen LogP contribution in [0.15, 0.2) is 48.8 Å². The van der Waals surface area contributed by atoms with Crippen LogP contribution in [0.4, 0.5) is 5.69 Å². The molecule has 0 aliphatic carbocycles. The Hall–Kier alpha value is -2.14. The van der Waals surface area contributed by atoms with Gasteiger partial charge in [0.25, 0.3) is 0 Å². The SMILES string of the molecule is CC(=O)SC1CC(=O)N(c2ccc(Cc3ccncc3)cc2)C1. The molecule has 2 heterocycles. The molecule has 5 heteroatoms. The minimum atomic E-state index is 0.0662. The van der Waals surface area contributed by atoms with E-state index in [9.17, 15) is 9.59 Å². The summed E-state index contributed by atoms with van der Waals surface area (Å²) in [6.45, 7) is 2.15. The van der Waals surface area contributed by atoms with Crippen molar-refractivity contribution in [2.45, 2.75) is 25.0 Å². The first-order chi connectivity index (χ1) is 11.1. The number of pyridine rings is 1. The second-order valence-corrected chi connectivity index (χ2v) is 7.12. The molecule has 1 aromatic carbocycles. The summed E-state index contributed by atoms with van der Waals surface area (Å²) in [7, 11) is 0. The lowest BCUT2D eigenvalue weighted by Gasteiger charge is -2.17. The van der Waals surface area contributed by atoms with Crippen molar-refractivity contribution in [1.29, 1.82) is 0 Å². The summed E-state index contributed by atoms with van der Waals surface area (Å²) in [5, 5.41) is 0.133. The molecule has 23 heavy (non-hydrogen) atoms. The topological polar surface area (TPSA) is 50.3 Å². The Kier molecular flexibility index (Phi) is 4.76. The highest BCUT2D eigenvalue weighted by atomic mass is 32.2. The lowest BCUT2D eigenvalue weighted by molar-refractivity contribution is -0.117. The minimum absolute atomic E-state index is 0.0662. The van der Waals surface area contributed by atoms with E-state index in [0.717, 1.165) is 12.1 Å². The van der Waals surface area contributed by atoms with Gasteiger partial charge in [-0.05, 0) is 41.8 Å². The van der Waals surface area contributed by atoms with E-state index in [2.05, 4.69) is 17.1 Å². The van der Waals surface area contributed by atoms with Crippen LogP contribution in [0.3, 0.4) is 0 Å². The average molecular weight is 326 g/mol. The van der Waals surface area contributed by atoms with Crippen molar-refractivity contribution < 1.29 is 9.59 Å². The smallest absolute Gasteiger partial charge is 0.228 e. The Balaban J connectivity index is 1.67. The van der Waals surface area contributed by atoms with E-state index in [0.29, 0.717) is 13.0 Å². The summed E-state index contributed by atoms with van der Waals surface area (Å²) in [4.78, 5) is 29.1. The van der Waals surface area contributed by atoms with Gasteiger partial charge in [-0.25, -0.2) is 0 Å². The number of anilines is 1. The van der Waals surface area contributed by atoms with Gasteiger partial charge < -0.3 is 4.90 Å². The molecule has 1 aromatic heterocycles. The van der Waals surface area contributed by atoms with Gasteiger partial charge in [-0.2, -0.15) is 0 Å². The number of aromatic nitrogens is 1. The summed E-state index contributed by atoms with van der Waals surface area (Å²) < 4.78 is 0. The van der Waals surface area contributed by atoms with Crippen LogP contribution in [0.2, 0.25) is 0 Å². The number of amides is 1. The van der Waals surface area contributed by atoms with Crippen molar-refractivity contribution in [3.8, 4) is 0 Å². The van der Waals surface area contributed by atoms with E-state index in [1.54, 1.807) is 24.2 Å². The highest BCUT2D eigenvalue weighted by Crippen LogP contribution is 2.29. The maximum atomic E-state index is 12.1. The first-order valence-electron chi connectivity index (χ1n) is 7.57. The van der Waals surface area contributed by atoms with Crippen LogP contribution in [0, 0.1) is 0 Å². The molecule has 0 radical (unpaired) electrons. The molecule has 1 fully saturated rings. The summed E-state index contributed by atoms with van der Waals surface area (Å²) in [6, 6.07) is 12.1. The van der Waals surface area contributed by atoms with Crippen molar-refractivity contribution in [3.05, 3.63) is 59.9 Å². The van der Waals surface area contributed by atoms with Gasteiger partial charge in [0.05, 0.1) is 0 Å². The zero-order chi connectivity index (χ0) is 16.2. The van der Waals surface area contributed by atoms with Gasteiger partial charge in [0.15, 0.2) is 5.12 Å². The Labute approximate surface area is 139 Å². The zero-order valence-electron chi connectivity index (χ0n) is 12.9. The molecule has 2 aromatic rings. The lowest BCUT2D eigenvalue weighted by atomic mass is 10.1. The second-order valence-electron chi connectivity index (χ2n) is 5.64.